The molecule has 2 aromatic rings. The number of phenolic OH excluding ortho intramolecular Hbond substituents is 2. The van der Waals surface area contributed by atoms with Gasteiger partial charge in [0.05, 0.1) is 0 Å². The molecule has 0 aromatic heterocycles. The van der Waals surface area contributed by atoms with Crippen molar-refractivity contribution in [1.29, 1.82) is 0 Å². The van der Waals surface area contributed by atoms with Crippen molar-refractivity contribution in [2.24, 2.45) is 0 Å². The first-order valence-electron chi connectivity index (χ1n) is 5.97. The highest BCUT2D eigenvalue weighted by Crippen LogP contribution is 2.22. The Hall–Kier alpha value is -2.22. The fraction of sp³-hybridized carbons (Fsp3) is 0.125. The third-order valence-electron chi connectivity index (χ3n) is 2.78. The molecule has 2 N–H and O–H groups in total. The molecule has 0 radical (unpaired) electrons. The first-order valence-corrected chi connectivity index (χ1v) is 5.97. The monoisotopic (exact) mass is 240 g/mol. The third kappa shape index (κ3) is 3.14. The van der Waals surface area contributed by atoms with E-state index in [1.165, 1.54) is 11.6 Å². The quantitative estimate of drug-likeness (QED) is 0.800. The van der Waals surface area contributed by atoms with Gasteiger partial charge in [0.15, 0.2) is 0 Å². The highest BCUT2D eigenvalue weighted by molar-refractivity contribution is 5.70. The molecule has 0 bridgehead atoms. The summed E-state index contributed by atoms with van der Waals surface area (Å²) in [5.41, 5.74) is 3.17. The zero-order valence-electron chi connectivity index (χ0n) is 10.3. The molecule has 0 saturated carbocycles. The maximum Gasteiger partial charge on any atom is 0.119 e. The molecule has 2 aromatic carbocycles. The molecule has 0 aliphatic carbocycles. The molecule has 0 heterocycles. The molecular formula is C16H16O2. The number of hydrogen-bond donors (Lipinski definition) is 2. The minimum absolute atomic E-state index is 0.0657. The summed E-state index contributed by atoms with van der Waals surface area (Å²) < 4.78 is 0. The van der Waals surface area contributed by atoms with Crippen LogP contribution in [0.1, 0.15) is 23.6 Å². The van der Waals surface area contributed by atoms with Gasteiger partial charge in [-0.2, -0.15) is 0 Å². The summed E-state index contributed by atoms with van der Waals surface area (Å²) in [4.78, 5) is 0. The summed E-state index contributed by atoms with van der Waals surface area (Å²) in [7, 11) is 0. The topological polar surface area (TPSA) is 40.5 Å². The Bertz CT molecular complexity index is 534. The third-order valence-corrected chi connectivity index (χ3v) is 2.78. The van der Waals surface area contributed by atoms with Crippen LogP contribution in [-0.2, 0) is 6.42 Å². The predicted octanol–water partition coefficient (Wildman–Crippen LogP) is 3.83. The molecule has 2 rings (SSSR count). The van der Waals surface area contributed by atoms with Crippen molar-refractivity contribution in [1.82, 2.24) is 0 Å². The minimum Gasteiger partial charge on any atom is -0.508 e. The van der Waals surface area contributed by atoms with Crippen LogP contribution >= 0.6 is 0 Å². The van der Waals surface area contributed by atoms with Crippen molar-refractivity contribution in [3.05, 3.63) is 59.2 Å². The Morgan fingerprint density at radius 2 is 1.39 bits per heavy atom. The zero-order chi connectivity index (χ0) is 13.0. The Morgan fingerprint density at radius 1 is 0.833 bits per heavy atom. The molecule has 0 spiro atoms. The van der Waals surface area contributed by atoms with E-state index in [0.717, 1.165) is 17.5 Å². The average molecular weight is 240 g/mol. The van der Waals surface area contributed by atoms with Gasteiger partial charge >= 0.3 is 0 Å². The normalized spacial score (nSPS) is 10.9. The van der Waals surface area contributed by atoms with E-state index in [4.69, 9.17) is 0 Å². The van der Waals surface area contributed by atoms with E-state index in [2.05, 4.69) is 31.2 Å². The molecule has 0 aliphatic rings. The van der Waals surface area contributed by atoms with Gasteiger partial charge in [0, 0.05) is 6.07 Å². The summed E-state index contributed by atoms with van der Waals surface area (Å²) in [6.45, 7) is 2.13. The van der Waals surface area contributed by atoms with E-state index in [1.807, 2.05) is 12.2 Å². The second-order valence-electron chi connectivity index (χ2n) is 4.21. The van der Waals surface area contributed by atoms with E-state index in [1.54, 1.807) is 12.1 Å². The van der Waals surface area contributed by atoms with Crippen molar-refractivity contribution in [2.75, 3.05) is 0 Å². The largest absolute Gasteiger partial charge is 0.508 e. The number of phenols is 2. The molecular weight excluding hydrogens is 224 g/mol. The molecule has 0 amide bonds. The molecule has 18 heavy (non-hydrogen) atoms. The number of aryl methyl sites for hydroxylation is 1. The molecule has 0 aliphatic heterocycles. The number of benzene rings is 2. The zero-order valence-corrected chi connectivity index (χ0v) is 10.3. The van der Waals surface area contributed by atoms with Gasteiger partial charge in [0.1, 0.15) is 11.5 Å². The van der Waals surface area contributed by atoms with Crippen LogP contribution in [0.4, 0.5) is 0 Å². The van der Waals surface area contributed by atoms with Crippen LogP contribution < -0.4 is 0 Å². The molecule has 2 nitrogen and oxygen atoms in total. The van der Waals surface area contributed by atoms with Crippen LogP contribution in [0.15, 0.2) is 42.5 Å². The molecule has 92 valence electrons. The SMILES string of the molecule is CCc1ccc(/C=C/c2cc(O)cc(O)c2)cc1. The van der Waals surface area contributed by atoms with Crippen LogP contribution in [-0.4, -0.2) is 10.2 Å². The van der Waals surface area contributed by atoms with Gasteiger partial charge in [-0.1, -0.05) is 43.3 Å². The van der Waals surface area contributed by atoms with Crippen LogP contribution in [0.5, 0.6) is 11.5 Å². The minimum atomic E-state index is 0.0657. The van der Waals surface area contributed by atoms with Gasteiger partial charge < -0.3 is 10.2 Å². The first kappa shape index (κ1) is 12.2. The van der Waals surface area contributed by atoms with E-state index >= 15 is 0 Å². The number of aromatic hydroxyl groups is 2. The predicted molar refractivity (Wildman–Crippen MR) is 74.5 cm³/mol. The number of rotatable bonds is 3. The lowest BCUT2D eigenvalue weighted by molar-refractivity contribution is 0.450. The van der Waals surface area contributed by atoms with Crippen LogP contribution in [0, 0.1) is 0 Å². The molecule has 0 unspecified atom stereocenters. The molecule has 2 heteroatoms. The molecule has 0 atom stereocenters. The lowest BCUT2D eigenvalue weighted by Gasteiger charge is -1.99. The van der Waals surface area contributed by atoms with Gasteiger partial charge in [0.25, 0.3) is 0 Å². The standard InChI is InChI=1S/C16H16O2/c1-2-12-3-5-13(6-4-12)7-8-14-9-15(17)11-16(18)10-14/h3-11,17-18H,2H2,1H3/b8-7+. The van der Waals surface area contributed by atoms with Crippen molar-refractivity contribution in [3.8, 4) is 11.5 Å². The van der Waals surface area contributed by atoms with E-state index in [-0.39, 0.29) is 11.5 Å². The Labute approximate surface area is 107 Å². The van der Waals surface area contributed by atoms with Crippen LogP contribution in [0.3, 0.4) is 0 Å². The highest BCUT2D eigenvalue weighted by atomic mass is 16.3. The Kier molecular flexibility index (Phi) is 3.68. The van der Waals surface area contributed by atoms with Gasteiger partial charge in [0.2, 0.25) is 0 Å². The fourth-order valence-corrected chi connectivity index (χ4v) is 1.77. The van der Waals surface area contributed by atoms with E-state index in [0.29, 0.717) is 0 Å². The summed E-state index contributed by atoms with van der Waals surface area (Å²) in [5, 5.41) is 18.7. The second-order valence-corrected chi connectivity index (χ2v) is 4.21. The summed E-state index contributed by atoms with van der Waals surface area (Å²) in [5.74, 6) is 0.131. The van der Waals surface area contributed by atoms with Gasteiger partial charge in [-0.25, -0.2) is 0 Å². The first-order chi connectivity index (χ1) is 8.67. The van der Waals surface area contributed by atoms with Gasteiger partial charge in [-0.05, 0) is 35.2 Å². The lowest BCUT2D eigenvalue weighted by atomic mass is 10.1. The maximum absolute atomic E-state index is 9.37. The number of hydrogen-bond acceptors (Lipinski definition) is 2. The Balaban J connectivity index is 2.18. The van der Waals surface area contributed by atoms with Crippen molar-refractivity contribution in [3.63, 3.8) is 0 Å². The van der Waals surface area contributed by atoms with Crippen LogP contribution in [0.25, 0.3) is 12.2 Å². The second kappa shape index (κ2) is 5.41. The smallest absolute Gasteiger partial charge is 0.119 e. The summed E-state index contributed by atoms with van der Waals surface area (Å²) >= 11 is 0. The lowest BCUT2D eigenvalue weighted by Crippen LogP contribution is -1.79. The fourth-order valence-electron chi connectivity index (χ4n) is 1.77. The maximum atomic E-state index is 9.37. The van der Waals surface area contributed by atoms with E-state index in [9.17, 15) is 10.2 Å². The van der Waals surface area contributed by atoms with Gasteiger partial charge in [-0.3, -0.25) is 0 Å². The Morgan fingerprint density at radius 3 is 1.94 bits per heavy atom. The van der Waals surface area contributed by atoms with Crippen molar-refractivity contribution in [2.45, 2.75) is 13.3 Å². The van der Waals surface area contributed by atoms with Gasteiger partial charge in [-0.15, -0.1) is 0 Å². The average Bonchev–Trinajstić information content (AvgIpc) is 2.36. The van der Waals surface area contributed by atoms with Crippen LogP contribution in [0.2, 0.25) is 0 Å². The molecule has 0 saturated heterocycles. The summed E-state index contributed by atoms with van der Waals surface area (Å²) in [6, 6.07) is 12.8. The highest BCUT2D eigenvalue weighted by Gasteiger charge is 1.96. The van der Waals surface area contributed by atoms with Crippen molar-refractivity contribution >= 4 is 12.2 Å². The summed E-state index contributed by atoms with van der Waals surface area (Å²) in [6.07, 6.45) is 4.85. The van der Waals surface area contributed by atoms with E-state index < -0.39 is 0 Å². The molecule has 0 fully saturated rings. The van der Waals surface area contributed by atoms with Crippen molar-refractivity contribution < 1.29 is 10.2 Å².